The van der Waals surface area contributed by atoms with Crippen LogP contribution in [0.1, 0.15) is 22.9 Å². The van der Waals surface area contributed by atoms with E-state index in [0.29, 0.717) is 11.5 Å². The second-order valence-corrected chi connectivity index (χ2v) is 3.81. The van der Waals surface area contributed by atoms with Gasteiger partial charge in [0.05, 0.1) is 17.9 Å². The van der Waals surface area contributed by atoms with Gasteiger partial charge in [0.25, 0.3) is 0 Å². The number of hydrogen-bond donors (Lipinski definition) is 2. The van der Waals surface area contributed by atoms with Crippen LogP contribution in [-0.2, 0) is 0 Å². The minimum Gasteiger partial charge on any atom is -0.383 e. The topological polar surface area (TPSA) is 77.8 Å². The molecule has 2 rings (SSSR count). The van der Waals surface area contributed by atoms with Crippen molar-refractivity contribution in [3.63, 3.8) is 0 Å². The van der Waals surface area contributed by atoms with Gasteiger partial charge in [-0.05, 0) is 30.7 Å². The summed E-state index contributed by atoms with van der Waals surface area (Å²) in [6.45, 7) is 1.90. The van der Waals surface area contributed by atoms with Gasteiger partial charge >= 0.3 is 0 Å². The van der Waals surface area contributed by atoms with Crippen molar-refractivity contribution in [3.8, 4) is 0 Å². The van der Waals surface area contributed by atoms with Crippen molar-refractivity contribution in [2.75, 3.05) is 5.73 Å². The van der Waals surface area contributed by atoms with E-state index in [1.165, 1.54) is 6.07 Å². The third-order valence-corrected chi connectivity index (χ3v) is 2.62. The number of halogens is 1. The summed E-state index contributed by atoms with van der Waals surface area (Å²) in [5.74, 6) is -0.0135. The highest BCUT2D eigenvalue weighted by atomic mass is 19.1. The largest absolute Gasteiger partial charge is 0.383 e. The second-order valence-electron chi connectivity index (χ2n) is 3.81. The van der Waals surface area contributed by atoms with E-state index in [1.807, 2.05) is 13.0 Å². The molecule has 0 saturated heterocycles. The maximum absolute atomic E-state index is 12.8. The Morgan fingerprint density at radius 3 is 2.59 bits per heavy atom. The van der Waals surface area contributed by atoms with Crippen molar-refractivity contribution in [2.45, 2.75) is 13.0 Å². The standard InChI is InChI=1S/C12H13FN4/c1-7-4-5-16-12(15)10(7)11(14)9-3-2-8(13)6-17-9/h2-6,11H,14H2,1H3,(H2,15,16). The van der Waals surface area contributed by atoms with Crippen LogP contribution in [0.25, 0.3) is 0 Å². The molecule has 2 heterocycles. The Kier molecular flexibility index (Phi) is 3.01. The summed E-state index contributed by atoms with van der Waals surface area (Å²) < 4.78 is 12.8. The predicted molar refractivity (Wildman–Crippen MR) is 63.6 cm³/mol. The molecule has 2 aromatic rings. The number of aromatic nitrogens is 2. The van der Waals surface area contributed by atoms with Crippen LogP contribution in [0.15, 0.2) is 30.6 Å². The molecule has 0 saturated carbocycles. The molecule has 88 valence electrons. The fourth-order valence-electron chi connectivity index (χ4n) is 1.71. The number of rotatable bonds is 2. The summed E-state index contributed by atoms with van der Waals surface area (Å²) in [7, 11) is 0. The molecule has 0 fully saturated rings. The Morgan fingerprint density at radius 1 is 1.24 bits per heavy atom. The first-order valence-corrected chi connectivity index (χ1v) is 5.17. The fraction of sp³-hybridized carbons (Fsp3) is 0.167. The highest BCUT2D eigenvalue weighted by Crippen LogP contribution is 2.24. The molecular weight excluding hydrogens is 219 g/mol. The number of pyridine rings is 2. The summed E-state index contributed by atoms with van der Waals surface area (Å²) in [5, 5.41) is 0. The molecule has 17 heavy (non-hydrogen) atoms. The zero-order valence-electron chi connectivity index (χ0n) is 9.39. The molecule has 0 bridgehead atoms. The Morgan fingerprint density at radius 2 is 2.00 bits per heavy atom. The number of aryl methyl sites for hydroxylation is 1. The van der Waals surface area contributed by atoms with Gasteiger partial charge in [-0.15, -0.1) is 0 Å². The van der Waals surface area contributed by atoms with E-state index in [4.69, 9.17) is 11.5 Å². The molecule has 2 aromatic heterocycles. The lowest BCUT2D eigenvalue weighted by molar-refractivity contribution is 0.617. The zero-order valence-corrected chi connectivity index (χ0v) is 9.39. The Labute approximate surface area is 98.5 Å². The molecule has 0 spiro atoms. The summed E-state index contributed by atoms with van der Waals surface area (Å²) in [5.41, 5.74) is 14.1. The summed E-state index contributed by atoms with van der Waals surface area (Å²) in [6, 6.07) is 4.20. The van der Waals surface area contributed by atoms with Crippen LogP contribution in [0.3, 0.4) is 0 Å². The van der Waals surface area contributed by atoms with E-state index in [-0.39, 0.29) is 0 Å². The summed E-state index contributed by atoms with van der Waals surface area (Å²) in [6.07, 6.45) is 2.76. The highest BCUT2D eigenvalue weighted by molar-refractivity contribution is 5.48. The lowest BCUT2D eigenvalue weighted by atomic mass is 10.0. The maximum atomic E-state index is 12.8. The second kappa shape index (κ2) is 4.47. The van der Waals surface area contributed by atoms with E-state index in [1.54, 1.807) is 12.3 Å². The van der Waals surface area contributed by atoms with Gasteiger partial charge in [-0.25, -0.2) is 9.37 Å². The third-order valence-electron chi connectivity index (χ3n) is 2.62. The van der Waals surface area contributed by atoms with Crippen LogP contribution >= 0.6 is 0 Å². The minimum atomic E-state index is -0.496. The van der Waals surface area contributed by atoms with Gasteiger partial charge in [0.2, 0.25) is 0 Å². The van der Waals surface area contributed by atoms with Gasteiger partial charge < -0.3 is 11.5 Å². The number of nitrogens with two attached hydrogens (primary N) is 2. The number of hydrogen-bond acceptors (Lipinski definition) is 4. The van der Waals surface area contributed by atoms with Crippen LogP contribution in [0.4, 0.5) is 10.2 Å². The molecule has 0 radical (unpaired) electrons. The average Bonchev–Trinajstić information content (AvgIpc) is 2.29. The molecule has 5 heteroatoms. The summed E-state index contributed by atoms with van der Waals surface area (Å²) >= 11 is 0. The predicted octanol–water partition coefficient (Wildman–Crippen LogP) is 1.55. The quantitative estimate of drug-likeness (QED) is 0.823. The van der Waals surface area contributed by atoms with Crippen molar-refractivity contribution in [1.29, 1.82) is 0 Å². The first-order chi connectivity index (χ1) is 8.09. The molecule has 0 aliphatic carbocycles. The molecule has 0 amide bonds. The molecule has 0 aromatic carbocycles. The van der Waals surface area contributed by atoms with Crippen molar-refractivity contribution in [3.05, 3.63) is 53.2 Å². The lowest BCUT2D eigenvalue weighted by Gasteiger charge is -2.15. The van der Waals surface area contributed by atoms with Crippen molar-refractivity contribution in [2.24, 2.45) is 5.73 Å². The fourth-order valence-corrected chi connectivity index (χ4v) is 1.71. The Balaban J connectivity index is 2.43. The molecule has 1 atom stereocenters. The molecule has 4 N–H and O–H groups in total. The normalized spacial score (nSPS) is 12.4. The van der Waals surface area contributed by atoms with Crippen LogP contribution in [0.2, 0.25) is 0 Å². The Bertz CT molecular complexity index is 504. The minimum absolute atomic E-state index is 0.378. The SMILES string of the molecule is Cc1ccnc(N)c1C(N)c1ccc(F)cn1. The number of anilines is 1. The van der Waals surface area contributed by atoms with Crippen molar-refractivity contribution >= 4 is 5.82 Å². The monoisotopic (exact) mass is 232 g/mol. The van der Waals surface area contributed by atoms with Gasteiger partial charge in [0.15, 0.2) is 0 Å². The van der Waals surface area contributed by atoms with Gasteiger partial charge in [0.1, 0.15) is 11.6 Å². The number of nitrogen functional groups attached to an aromatic ring is 1. The lowest BCUT2D eigenvalue weighted by Crippen LogP contribution is -2.17. The van der Waals surface area contributed by atoms with Crippen LogP contribution in [0, 0.1) is 12.7 Å². The van der Waals surface area contributed by atoms with Crippen molar-refractivity contribution in [1.82, 2.24) is 9.97 Å². The zero-order chi connectivity index (χ0) is 12.4. The first kappa shape index (κ1) is 11.5. The molecular formula is C12H13FN4. The van der Waals surface area contributed by atoms with Crippen LogP contribution in [-0.4, -0.2) is 9.97 Å². The molecule has 0 aliphatic rings. The highest BCUT2D eigenvalue weighted by Gasteiger charge is 2.16. The van der Waals surface area contributed by atoms with E-state index < -0.39 is 11.9 Å². The molecule has 4 nitrogen and oxygen atoms in total. The third kappa shape index (κ3) is 2.24. The van der Waals surface area contributed by atoms with Crippen LogP contribution in [0.5, 0.6) is 0 Å². The van der Waals surface area contributed by atoms with E-state index in [2.05, 4.69) is 9.97 Å². The van der Waals surface area contributed by atoms with E-state index in [9.17, 15) is 4.39 Å². The van der Waals surface area contributed by atoms with E-state index >= 15 is 0 Å². The average molecular weight is 232 g/mol. The Hall–Kier alpha value is -2.01. The van der Waals surface area contributed by atoms with Gasteiger partial charge in [-0.1, -0.05) is 0 Å². The van der Waals surface area contributed by atoms with Gasteiger partial charge in [-0.2, -0.15) is 0 Å². The summed E-state index contributed by atoms with van der Waals surface area (Å²) in [4.78, 5) is 7.95. The van der Waals surface area contributed by atoms with Crippen LogP contribution < -0.4 is 11.5 Å². The molecule has 0 aliphatic heterocycles. The van der Waals surface area contributed by atoms with E-state index in [0.717, 1.165) is 17.3 Å². The van der Waals surface area contributed by atoms with Crippen molar-refractivity contribution < 1.29 is 4.39 Å². The number of nitrogens with zero attached hydrogens (tertiary/aromatic N) is 2. The smallest absolute Gasteiger partial charge is 0.141 e. The van der Waals surface area contributed by atoms with Gasteiger partial charge in [-0.3, -0.25) is 4.98 Å². The molecule has 1 unspecified atom stereocenters. The van der Waals surface area contributed by atoms with Gasteiger partial charge in [0, 0.05) is 11.8 Å². The maximum Gasteiger partial charge on any atom is 0.141 e. The first-order valence-electron chi connectivity index (χ1n) is 5.17.